The van der Waals surface area contributed by atoms with Gasteiger partial charge in [-0.1, -0.05) is 11.6 Å². The molecule has 0 bridgehead atoms. The molecule has 2 heterocycles. The fourth-order valence-corrected chi connectivity index (χ4v) is 3.51. The maximum Gasteiger partial charge on any atom is 0.289 e. The van der Waals surface area contributed by atoms with Crippen LogP contribution in [0.5, 0.6) is 0 Å². The molecule has 0 fully saturated rings. The van der Waals surface area contributed by atoms with Gasteiger partial charge in [0.05, 0.1) is 16.0 Å². The van der Waals surface area contributed by atoms with Crippen molar-refractivity contribution >= 4 is 28.3 Å². The third-order valence-electron chi connectivity index (χ3n) is 4.36. The summed E-state index contributed by atoms with van der Waals surface area (Å²) in [5, 5.41) is 11.8. The zero-order chi connectivity index (χ0) is 16.8. The third-order valence-corrected chi connectivity index (χ3v) is 4.68. The van der Waals surface area contributed by atoms with Crippen LogP contribution in [0.25, 0.3) is 16.7 Å². The zero-order valence-electron chi connectivity index (χ0n) is 12.5. The molecular formula is C17H12ClN3O3. The molecule has 0 amide bonds. The highest BCUT2D eigenvalue weighted by atomic mass is 35.5. The second-order valence-electron chi connectivity index (χ2n) is 5.71. The summed E-state index contributed by atoms with van der Waals surface area (Å²) in [6.07, 6.45) is 3.96. The number of rotatable bonds is 2. The highest BCUT2D eigenvalue weighted by Crippen LogP contribution is 2.31. The molecule has 120 valence electrons. The van der Waals surface area contributed by atoms with Crippen molar-refractivity contribution in [2.24, 2.45) is 0 Å². The molecule has 7 heteroatoms. The second-order valence-corrected chi connectivity index (χ2v) is 6.12. The van der Waals surface area contributed by atoms with Gasteiger partial charge in [-0.15, -0.1) is 0 Å². The monoisotopic (exact) mass is 341 g/mol. The molecule has 0 saturated heterocycles. The molecule has 0 unspecified atom stereocenters. The Hall–Kier alpha value is -2.73. The van der Waals surface area contributed by atoms with E-state index in [1.807, 2.05) is 4.57 Å². The SMILES string of the molecule is O=c1c2c(n(-c3ccc(Cl)c([N+](=O)[O-])c3)c3ncccc13)CCC2. The molecule has 0 radical (unpaired) electrons. The topological polar surface area (TPSA) is 78.0 Å². The lowest BCUT2D eigenvalue weighted by Gasteiger charge is -2.16. The predicted octanol–water partition coefficient (Wildman–Crippen LogP) is 3.44. The Labute approximate surface area is 141 Å². The van der Waals surface area contributed by atoms with Crippen LogP contribution in [-0.2, 0) is 12.8 Å². The van der Waals surface area contributed by atoms with Crippen LogP contribution in [-0.4, -0.2) is 14.5 Å². The van der Waals surface area contributed by atoms with Crippen molar-refractivity contribution in [1.29, 1.82) is 0 Å². The van der Waals surface area contributed by atoms with Crippen molar-refractivity contribution in [3.63, 3.8) is 0 Å². The first-order valence-corrected chi connectivity index (χ1v) is 7.91. The minimum absolute atomic E-state index is 0.00492. The molecule has 24 heavy (non-hydrogen) atoms. The molecule has 1 aromatic carbocycles. The Morgan fingerprint density at radius 2 is 2.08 bits per heavy atom. The van der Waals surface area contributed by atoms with E-state index in [9.17, 15) is 14.9 Å². The van der Waals surface area contributed by atoms with E-state index in [2.05, 4.69) is 4.98 Å². The Kier molecular flexibility index (Phi) is 3.35. The van der Waals surface area contributed by atoms with Crippen molar-refractivity contribution in [2.75, 3.05) is 0 Å². The summed E-state index contributed by atoms with van der Waals surface area (Å²) in [7, 11) is 0. The van der Waals surface area contributed by atoms with Gasteiger partial charge in [-0.3, -0.25) is 19.5 Å². The van der Waals surface area contributed by atoms with Gasteiger partial charge in [0, 0.05) is 23.5 Å². The number of fused-ring (bicyclic) bond motifs is 2. The van der Waals surface area contributed by atoms with E-state index in [4.69, 9.17) is 11.6 Å². The summed E-state index contributed by atoms with van der Waals surface area (Å²) in [6.45, 7) is 0. The van der Waals surface area contributed by atoms with Crippen LogP contribution < -0.4 is 5.43 Å². The Morgan fingerprint density at radius 3 is 2.88 bits per heavy atom. The third kappa shape index (κ3) is 2.11. The van der Waals surface area contributed by atoms with Gasteiger partial charge in [0.25, 0.3) is 5.69 Å². The molecule has 0 saturated carbocycles. The molecule has 2 aromatic heterocycles. The van der Waals surface area contributed by atoms with Gasteiger partial charge in [0.2, 0.25) is 0 Å². The Morgan fingerprint density at radius 1 is 1.25 bits per heavy atom. The minimum Gasteiger partial charge on any atom is -0.298 e. The van der Waals surface area contributed by atoms with Crippen molar-refractivity contribution in [2.45, 2.75) is 19.3 Å². The quantitative estimate of drug-likeness (QED) is 0.528. The normalized spacial score (nSPS) is 13.2. The van der Waals surface area contributed by atoms with E-state index in [-0.39, 0.29) is 16.1 Å². The van der Waals surface area contributed by atoms with Crippen molar-refractivity contribution in [3.8, 4) is 5.69 Å². The average molecular weight is 342 g/mol. The lowest BCUT2D eigenvalue weighted by atomic mass is 10.1. The average Bonchev–Trinajstić information content (AvgIpc) is 3.06. The molecule has 0 spiro atoms. The summed E-state index contributed by atoms with van der Waals surface area (Å²) < 4.78 is 1.85. The van der Waals surface area contributed by atoms with E-state index in [0.717, 1.165) is 24.1 Å². The minimum atomic E-state index is -0.510. The molecule has 0 aliphatic heterocycles. The second kappa shape index (κ2) is 5.42. The Balaban J connectivity index is 2.12. The number of nitro benzene ring substituents is 1. The number of aromatic nitrogens is 2. The first-order valence-electron chi connectivity index (χ1n) is 7.53. The van der Waals surface area contributed by atoms with E-state index in [0.29, 0.717) is 23.1 Å². The molecule has 6 nitrogen and oxygen atoms in total. The largest absolute Gasteiger partial charge is 0.298 e. The molecular weight excluding hydrogens is 330 g/mol. The Bertz CT molecular complexity index is 1060. The fraction of sp³-hybridized carbons (Fsp3) is 0.176. The summed E-state index contributed by atoms with van der Waals surface area (Å²) in [6, 6.07) is 8.11. The number of benzene rings is 1. The number of hydrogen-bond donors (Lipinski definition) is 0. The van der Waals surface area contributed by atoms with Gasteiger partial charge in [-0.25, -0.2) is 4.98 Å². The maximum atomic E-state index is 12.7. The predicted molar refractivity (Wildman–Crippen MR) is 91.0 cm³/mol. The summed E-state index contributed by atoms with van der Waals surface area (Å²) in [4.78, 5) is 27.7. The molecule has 4 rings (SSSR count). The lowest BCUT2D eigenvalue weighted by Crippen LogP contribution is -2.17. The number of pyridine rings is 2. The summed E-state index contributed by atoms with van der Waals surface area (Å²) in [5.74, 6) is 0. The number of hydrogen-bond acceptors (Lipinski definition) is 4. The lowest BCUT2D eigenvalue weighted by molar-refractivity contribution is -0.384. The zero-order valence-corrected chi connectivity index (χ0v) is 13.3. The smallest absolute Gasteiger partial charge is 0.289 e. The van der Waals surface area contributed by atoms with Gasteiger partial charge < -0.3 is 0 Å². The number of nitrogens with zero attached hydrogens (tertiary/aromatic N) is 3. The van der Waals surface area contributed by atoms with E-state index < -0.39 is 4.92 Å². The van der Waals surface area contributed by atoms with Gasteiger partial charge in [0.15, 0.2) is 5.43 Å². The van der Waals surface area contributed by atoms with Crippen LogP contribution in [0.15, 0.2) is 41.3 Å². The standard InChI is InChI=1S/C17H12ClN3O3/c18-13-7-6-10(9-15(13)21(23)24)20-14-5-1-3-11(14)16(22)12-4-2-8-19-17(12)20/h2,4,6-9H,1,3,5H2. The van der Waals surface area contributed by atoms with Crippen molar-refractivity contribution in [3.05, 3.63) is 73.1 Å². The van der Waals surface area contributed by atoms with Gasteiger partial charge in [-0.05, 0) is 43.5 Å². The highest BCUT2D eigenvalue weighted by Gasteiger charge is 2.24. The highest BCUT2D eigenvalue weighted by molar-refractivity contribution is 6.32. The van der Waals surface area contributed by atoms with Crippen LogP contribution in [0.3, 0.4) is 0 Å². The van der Waals surface area contributed by atoms with E-state index in [1.165, 1.54) is 12.1 Å². The maximum absolute atomic E-state index is 12.7. The molecule has 0 N–H and O–H groups in total. The van der Waals surface area contributed by atoms with Crippen molar-refractivity contribution < 1.29 is 4.92 Å². The van der Waals surface area contributed by atoms with E-state index in [1.54, 1.807) is 24.4 Å². The van der Waals surface area contributed by atoms with Gasteiger partial charge >= 0.3 is 0 Å². The van der Waals surface area contributed by atoms with Crippen LogP contribution in [0.1, 0.15) is 17.7 Å². The summed E-state index contributed by atoms with van der Waals surface area (Å²) >= 11 is 5.92. The number of halogens is 1. The first kappa shape index (κ1) is 14.8. The van der Waals surface area contributed by atoms with Crippen LogP contribution >= 0.6 is 11.6 Å². The van der Waals surface area contributed by atoms with Gasteiger partial charge in [0.1, 0.15) is 10.7 Å². The molecule has 3 aromatic rings. The van der Waals surface area contributed by atoms with Crippen molar-refractivity contribution in [1.82, 2.24) is 9.55 Å². The molecule has 1 aliphatic rings. The van der Waals surface area contributed by atoms with Crippen LogP contribution in [0.4, 0.5) is 5.69 Å². The number of nitro groups is 1. The fourth-order valence-electron chi connectivity index (χ4n) is 3.32. The first-order chi connectivity index (χ1) is 11.6. The van der Waals surface area contributed by atoms with E-state index >= 15 is 0 Å². The van der Waals surface area contributed by atoms with Crippen LogP contribution in [0, 0.1) is 10.1 Å². The summed E-state index contributed by atoms with van der Waals surface area (Å²) in [5.41, 5.74) is 2.60. The molecule has 1 aliphatic carbocycles. The molecule has 0 atom stereocenters. The van der Waals surface area contributed by atoms with Crippen LogP contribution in [0.2, 0.25) is 5.02 Å². The van der Waals surface area contributed by atoms with Gasteiger partial charge in [-0.2, -0.15) is 0 Å².